The molecule has 1 atom stereocenters. The first-order valence-corrected chi connectivity index (χ1v) is 4.89. The maximum atomic E-state index is 12.8. The highest BCUT2D eigenvalue weighted by atomic mass is 19.4. The molecular formula is C9H10F3N3O2. The summed E-state index contributed by atoms with van der Waals surface area (Å²) >= 11 is 0. The zero-order valence-electron chi connectivity index (χ0n) is 8.88. The van der Waals surface area contributed by atoms with Crippen LogP contribution in [0, 0.1) is 0 Å². The van der Waals surface area contributed by atoms with Gasteiger partial charge in [0.05, 0.1) is 6.07 Å². The molecule has 8 heteroatoms. The first kappa shape index (κ1) is 11.7. The largest absolute Gasteiger partial charge is 0.493 e. The summed E-state index contributed by atoms with van der Waals surface area (Å²) in [6.07, 6.45) is -4.72. The molecule has 2 rings (SSSR count). The van der Waals surface area contributed by atoms with Crippen LogP contribution in [-0.4, -0.2) is 26.4 Å². The van der Waals surface area contributed by atoms with Gasteiger partial charge in [0.2, 0.25) is 11.8 Å². The van der Waals surface area contributed by atoms with Crippen LogP contribution in [0.4, 0.5) is 19.1 Å². The summed E-state index contributed by atoms with van der Waals surface area (Å²) in [5, 5.41) is 11.3. The Morgan fingerprint density at radius 2 is 2.24 bits per heavy atom. The van der Waals surface area contributed by atoms with E-state index >= 15 is 0 Å². The van der Waals surface area contributed by atoms with Crippen LogP contribution in [0.25, 0.3) is 0 Å². The molecule has 0 saturated heterocycles. The van der Waals surface area contributed by atoms with E-state index in [9.17, 15) is 18.0 Å². The summed E-state index contributed by atoms with van der Waals surface area (Å²) in [7, 11) is 0. The van der Waals surface area contributed by atoms with Crippen molar-refractivity contribution in [3.05, 3.63) is 16.4 Å². The minimum atomic E-state index is -4.46. The number of hydrogen-bond acceptors (Lipinski definition) is 4. The Morgan fingerprint density at radius 3 is 2.82 bits per heavy atom. The van der Waals surface area contributed by atoms with Crippen molar-refractivity contribution in [2.75, 3.05) is 5.32 Å². The predicted octanol–water partition coefficient (Wildman–Crippen LogP) is 1.09. The quantitative estimate of drug-likeness (QED) is 0.722. The van der Waals surface area contributed by atoms with Crippen molar-refractivity contribution < 1.29 is 18.3 Å². The minimum absolute atomic E-state index is 0.0928. The third-order valence-electron chi connectivity index (χ3n) is 2.84. The van der Waals surface area contributed by atoms with Gasteiger partial charge in [-0.15, -0.1) is 0 Å². The van der Waals surface area contributed by atoms with E-state index in [0.717, 1.165) is 17.6 Å². The Morgan fingerprint density at radius 1 is 1.59 bits per heavy atom. The molecule has 0 unspecified atom stereocenters. The fourth-order valence-corrected chi connectivity index (χ4v) is 1.66. The average Bonchev–Trinajstić information content (AvgIpc) is 2.14. The fourth-order valence-electron chi connectivity index (χ4n) is 1.66. The number of halogens is 3. The normalized spacial score (nSPS) is 24.0. The Labute approximate surface area is 93.9 Å². The van der Waals surface area contributed by atoms with E-state index < -0.39 is 23.2 Å². The molecule has 0 radical (unpaired) electrons. The molecular weight excluding hydrogens is 239 g/mol. The number of alkyl halides is 3. The van der Waals surface area contributed by atoms with E-state index in [1.807, 2.05) is 0 Å². The summed E-state index contributed by atoms with van der Waals surface area (Å²) < 4.78 is 39.4. The lowest BCUT2D eigenvalue weighted by Crippen LogP contribution is -2.54. The average molecular weight is 249 g/mol. The van der Waals surface area contributed by atoms with Crippen LogP contribution in [0.2, 0.25) is 0 Å². The molecule has 2 heterocycles. The monoisotopic (exact) mass is 249 g/mol. The number of nitrogens with one attached hydrogen (secondary N) is 1. The van der Waals surface area contributed by atoms with E-state index in [1.165, 1.54) is 0 Å². The molecule has 0 spiro atoms. The van der Waals surface area contributed by atoms with Gasteiger partial charge in [-0.1, -0.05) is 0 Å². The zero-order chi connectivity index (χ0) is 12.8. The lowest BCUT2D eigenvalue weighted by atomic mass is 9.95. The topological polar surface area (TPSA) is 67.1 Å². The molecule has 1 aliphatic rings. The molecule has 2 N–H and O–H groups in total. The standard InChI is InChI=1S/C9H10F3N3O2/c1-8(9(10,11)12)2-3-15-6(17)4-5(16)13-7(15)14-8/h4,16H,2-3H2,1H3,(H,13,14)/t8-/m0/s1. The summed E-state index contributed by atoms with van der Waals surface area (Å²) in [6.45, 7) is 0.900. The molecule has 5 nitrogen and oxygen atoms in total. The van der Waals surface area contributed by atoms with Gasteiger partial charge in [0.25, 0.3) is 5.56 Å². The SMILES string of the molecule is C[C@@]1(C(F)(F)F)CCn2c(nc(O)cc2=O)N1. The highest BCUT2D eigenvalue weighted by Gasteiger charge is 2.53. The van der Waals surface area contributed by atoms with E-state index in [0.29, 0.717) is 0 Å². The van der Waals surface area contributed by atoms with Crippen molar-refractivity contribution in [1.82, 2.24) is 9.55 Å². The van der Waals surface area contributed by atoms with Crippen molar-refractivity contribution in [2.45, 2.75) is 31.6 Å². The molecule has 1 aromatic heterocycles. The highest BCUT2D eigenvalue weighted by Crippen LogP contribution is 2.38. The Kier molecular flexibility index (Phi) is 2.33. The lowest BCUT2D eigenvalue weighted by Gasteiger charge is -2.37. The van der Waals surface area contributed by atoms with Crippen LogP contribution in [0.3, 0.4) is 0 Å². The number of rotatable bonds is 0. The van der Waals surface area contributed by atoms with Crippen LogP contribution in [-0.2, 0) is 6.54 Å². The summed E-state index contributed by atoms with van der Waals surface area (Å²) in [5.41, 5.74) is -2.72. The summed E-state index contributed by atoms with van der Waals surface area (Å²) in [5.74, 6) is -0.860. The zero-order valence-corrected chi connectivity index (χ0v) is 8.88. The molecule has 0 fully saturated rings. The maximum Gasteiger partial charge on any atom is 0.411 e. The van der Waals surface area contributed by atoms with Gasteiger partial charge in [-0.25, -0.2) is 0 Å². The van der Waals surface area contributed by atoms with Crippen molar-refractivity contribution in [1.29, 1.82) is 0 Å². The van der Waals surface area contributed by atoms with Gasteiger partial charge < -0.3 is 10.4 Å². The molecule has 94 valence electrons. The lowest BCUT2D eigenvalue weighted by molar-refractivity contribution is -0.178. The van der Waals surface area contributed by atoms with Crippen LogP contribution < -0.4 is 10.9 Å². The summed E-state index contributed by atoms with van der Waals surface area (Å²) in [4.78, 5) is 14.9. The van der Waals surface area contributed by atoms with Gasteiger partial charge in [0.1, 0.15) is 5.54 Å². The predicted molar refractivity (Wildman–Crippen MR) is 52.9 cm³/mol. The fraction of sp³-hybridized carbons (Fsp3) is 0.556. The van der Waals surface area contributed by atoms with Gasteiger partial charge >= 0.3 is 6.18 Å². The van der Waals surface area contributed by atoms with Gasteiger partial charge in [0.15, 0.2) is 0 Å². The van der Waals surface area contributed by atoms with Crippen LogP contribution in [0.15, 0.2) is 10.9 Å². The maximum absolute atomic E-state index is 12.8. The van der Waals surface area contributed by atoms with Gasteiger partial charge in [0, 0.05) is 6.54 Å². The van der Waals surface area contributed by atoms with E-state index in [-0.39, 0.29) is 18.9 Å². The number of fused-ring (bicyclic) bond motifs is 1. The van der Waals surface area contributed by atoms with Gasteiger partial charge in [-0.3, -0.25) is 9.36 Å². The van der Waals surface area contributed by atoms with E-state index in [4.69, 9.17) is 5.11 Å². The molecule has 17 heavy (non-hydrogen) atoms. The minimum Gasteiger partial charge on any atom is -0.493 e. The number of anilines is 1. The number of hydrogen-bond donors (Lipinski definition) is 2. The van der Waals surface area contributed by atoms with E-state index in [2.05, 4.69) is 10.3 Å². The number of aromatic hydroxyl groups is 1. The molecule has 1 aromatic rings. The third kappa shape index (κ3) is 1.83. The van der Waals surface area contributed by atoms with E-state index in [1.54, 1.807) is 0 Å². The first-order chi connectivity index (χ1) is 7.73. The molecule has 0 aliphatic carbocycles. The molecule has 0 bridgehead atoms. The second-order valence-corrected chi connectivity index (χ2v) is 4.13. The van der Waals surface area contributed by atoms with Gasteiger partial charge in [-0.2, -0.15) is 18.2 Å². The molecule has 0 saturated carbocycles. The molecule has 0 aromatic carbocycles. The Balaban J connectivity index is 2.47. The first-order valence-electron chi connectivity index (χ1n) is 4.89. The number of nitrogens with zero attached hydrogens (tertiary/aromatic N) is 2. The highest BCUT2D eigenvalue weighted by molar-refractivity contribution is 5.36. The van der Waals surface area contributed by atoms with Crippen LogP contribution in [0.1, 0.15) is 13.3 Å². The Hall–Kier alpha value is -1.73. The Bertz CT molecular complexity index is 511. The second kappa shape index (κ2) is 3.38. The smallest absolute Gasteiger partial charge is 0.411 e. The third-order valence-corrected chi connectivity index (χ3v) is 2.84. The van der Waals surface area contributed by atoms with Crippen molar-refractivity contribution >= 4 is 5.95 Å². The van der Waals surface area contributed by atoms with Crippen LogP contribution >= 0.6 is 0 Å². The van der Waals surface area contributed by atoms with Crippen molar-refractivity contribution in [3.63, 3.8) is 0 Å². The molecule has 0 amide bonds. The second-order valence-electron chi connectivity index (χ2n) is 4.13. The molecule has 1 aliphatic heterocycles. The van der Waals surface area contributed by atoms with Crippen molar-refractivity contribution in [2.24, 2.45) is 0 Å². The number of aromatic nitrogens is 2. The van der Waals surface area contributed by atoms with Crippen LogP contribution in [0.5, 0.6) is 5.88 Å². The van der Waals surface area contributed by atoms with Gasteiger partial charge in [-0.05, 0) is 13.3 Å². The van der Waals surface area contributed by atoms with Crippen molar-refractivity contribution in [3.8, 4) is 5.88 Å². The summed E-state index contributed by atoms with van der Waals surface area (Å²) in [6, 6.07) is 0.863.